The van der Waals surface area contributed by atoms with Crippen LogP contribution in [0, 0.1) is 13.8 Å². The highest BCUT2D eigenvalue weighted by molar-refractivity contribution is 5.74. The van der Waals surface area contributed by atoms with E-state index in [9.17, 15) is 4.79 Å². The molecule has 0 N–H and O–H groups in total. The van der Waals surface area contributed by atoms with Crippen LogP contribution in [0.15, 0.2) is 42.5 Å². The summed E-state index contributed by atoms with van der Waals surface area (Å²) >= 11 is 0. The molecule has 0 atom stereocenters. The number of rotatable bonds is 6. The minimum Gasteiger partial charge on any atom is -0.482 e. The maximum atomic E-state index is 11.8. The first kappa shape index (κ1) is 16.1. The lowest BCUT2D eigenvalue weighted by Crippen LogP contribution is -2.17. The SMILES string of the molecule is CCCc1ccc(OC(=O)COc2ccc(C)c(C)c2)cc1. The Balaban J connectivity index is 1.85. The molecule has 0 aliphatic rings. The van der Waals surface area contributed by atoms with Crippen molar-refractivity contribution in [2.24, 2.45) is 0 Å². The Bertz CT molecular complexity index is 630. The van der Waals surface area contributed by atoms with Crippen molar-refractivity contribution in [2.75, 3.05) is 6.61 Å². The van der Waals surface area contributed by atoms with E-state index in [1.807, 2.05) is 56.3 Å². The van der Waals surface area contributed by atoms with Crippen LogP contribution >= 0.6 is 0 Å². The topological polar surface area (TPSA) is 35.5 Å². The van der Waals surface area contributed by atoms with Gasteiger partial charge in [0.1, 0.15) is 11.5 Å². The fourth-order valence-corrected chi connectivity index (χ4v) is 2.12. The van der Waals surface area contributed by atoms with E-state index in [4.69, 9.17) is 9.47 Å². The Labute approximate surface area is 131 Å². The van der Waals surface area contributed by atoms with E-state index in [2.05, 4.69) is 6.92 Å². The van der Waals surface area contributed by atoms with Crippen molar-refractivity contribution in [3.05, 3.63) is 59.2 Å². The predicted molar refractivity (Wildman–Crippen MR) is 87.5 cm³/mol. The third kappa shape index (κ3) is 4.62. The molecule has 0 saturated heterocycles. The predicted octanol–water partition coefficient (Wildman–Crippen LogP) is 4.24. The molecule has 0 aromatic heterocycles. The second-order valence-electron chi connectivity index (χ2n) is 5.40. The summed E-state index contributed by atoms with van der Waals surface area (Å²) < 4.78 is 10.7. The van der Waals surface area contributed by atoms with Crippen LogP contribution in [0.2, 0.25) is 0 Å². The third-order valence-corrected chi connectivity index (χ3v) is 3.53. The molecule has 0 bridgehead atoms. The van der Waals surface area contributed by atoms with Crippen molar-refractivity contribution in [3.8, 4) is 11.5 Å². The van der Waals surface area contributed by atoms with E-state index < -0.39 is 5.97 Å². The zero-order chi connectivity index (χ0) is 15.9. The van der Waals surface area contributed by atoms with Gasteiger partial charge in [0.2, 0.25) is 0 Å². The van der Waals surface area contributed by atoms with E-state index in [1.54, 1.807) is 0 Å². The largest absolute Gasteiger partial charge is 0.482 e. The number of carbonyl (C=O) groups is 1. The van der Waals surface area contributed by atoms with Crippen molar-refractivity contribution in [2.45, 2.75) is 33.6 Å². The molecule has 22 heavy (non-hydrogen) atoms. The molecular weight excluding hydrogens is 276 g/mol. The van der Waals surface area contributed by atoms with Crippen molar-refractivity contribution in [1.29, 1.82) is 0 Å². The molecule has 0 radical (unpaired) electrons. The Morgan fingerprint density at radius 2 is 1.64 bits per heavy atom. The Kier molecular flexibility index (Phi) is 5.59. The zero-order valence-electron chi connectivity index (χ0n) is 13.4. The van der Waals surface area contributed by atoms with Crippen LogP contribution in [0.1, 0.15) is 30.0 Å². The maximum Gasteiger partial charge on any atom is 0.349 e. The highest BCUT2D eigenvalue weighted by Crippen LogP contribution is 2.17. The van der Waals surface area contributed by atoms with Gasteiger partial charge in [-0.25, -0.2) is 4.79 Å². The van der Waals surface area contributed by atoms with Crippen LogP contribution in [0.25, 0.3) is 0 Å². The number of hydrogen-bond acceptors (Lipinski definition) is 3. The van der Waals surface area contributed by atoms with E-state index in [1.165, 1.54) is 11.1 Å². The maximum absolute atomic E-state index is 11.8. The summed E-state index contributed by atoms with van der Waals surface area (Å²) in [7, 11) is 0. The molecular formula is C19H22O3. The smallest absolute Gasteiger partial charge is 0.349 e. The summed E-state index contributed by atoms with van der Waals surface area (Å²) in [5, 5.41) is 0. The number of hydrogen-bond donors (Lipinski definition) is 0. The summed E-state index contributed by atoms with van der Waals surface area (Å²) in [6, 6.07) is 13.4. The number of esters is 1. The summed E-state index contributed by atoms with van der Waals surface area (Å²) in [5.74, 6) is 0.827. The fourth-order valence-electron chi connectivity index (χ4n) is 2.12. The molecule has 2 aromatic carbocycles. The van der Waals surface area contributed by atoms with Crippen LogP contribution in [-0.2, 0) is 11.2 Å². The highest BCUT2D eigenvalue weighted by Gasteiger charge is 2.07. The molecule has 0 aliphatic heterocycles. The first-order valence-corrected chi connectivity index (χ1v) is 7.58. The molecule has 0 saturated carbocycles. The Hall–Kier alpha value is -2.29. The van der Waals surface area contributed by atoms with Crippen molar-refractivity contribution in [1.82, 2.24) is 0 Å². The quantitative estimate of drug-likeness (QED) is 0.591. The molecule has 0 heterocycles. The second-order valence-corrected chi connectivity index (χ2v) is 5.40. The van der Waals surface area contributed by atoms with Gasteiger partial charge >= 0.3 is 5.97 Å². The fraction of sp³-hybridized carbons (Fsp3) is 0.316. The van der Waals surface area contributed by atoms with Crippen LogP contribution in [0.5, 0.6) is 11.5 Å². The average molecular weight is 298 g/mol. The number of benzene rings is 2. The minimum atomic E-state index is -0.401. The van der Waals surface area contributed by atoms with Gasteiger partial charge in [0.15, 0.2) is 6.61 Å². The normalized spacial score (nSPS) is 10.3. The standard InChI is InChI=1S/C19H22O3/c1-4-5-16-7-10-17(11-8-16)22-19(20)13-21-18-9-6-14(2)15(3)12-18/h6-12H,4-5,13H2,1-3H3. The molecule has 0 aliphatic carbocycles. The minimum absolute atomic E-state index is 0.0980. The van der Waals surface area contributed by atoms with Gasteiger partial charge in [-0.1, -0.05) is 31.5 Å². The Morgan fingerprint density at radius 3 is 2.27 bits per heavy atom. The van der Waals surface area contributed by atoms with Crippen LogP contribution in [0.3, 0.4) is 0 Å². The second kappa shape index (κ2) is 7.64. The van der Waals surface area contributed by atoms with E-state index in [0.29, 0.717) is 11.5 Å². The van der Waals surface area contributed by atoms with E-state index in [0.717, 1.165) is 18.4 Å². The third-order valence-electron chi connectivity index (χ3n) is 3.53. The van der Waals surface area contributed by atoms with E-state index in [-0.39, 0.29) is 6.61 Å². The van der Waals surface area contributed by atoms with Gasteiger partial charge in [0, 0.05) is 0 Å². The molecule has 2 rings (SSSR count). The molecule has 0 amide bonds. The number of aryl methyl sites for hydroxylation is 3. The highest BCUT2D eigenvalue weighted by atomic mass is 16.6. The monoisotopic (exact) mass is 298 g/mol. The number of ether oxygens (including phenoxy) is 2. The van der Waals surface area contributed by atoms with Gasteiger partial charge in [-0.15, -0.1) is 0 Å². The summed E-state index contributed by atoms with van der Waals surface area (Å²) in [6.45, 7) is 6.09. The first-order chi connectivity index (χ1) is 10.6. The van der Waals surface area contributed by atoms with Crippen molar-refractivity contribution in [3.63, 3.8) is 0 Å². The Morgan fingerprint density at radius 1 is 0.955 bits per heavy atom. The van der Waals surface area contributed by atoms with Gasteiger partial charge in [-0.3, -0.25) is 0 Å². The number of carbonyl (C=O) groups excluding carboxylic acids is 1. The van der Waals surface area contributed by atoms with Gasteiger partial charge in [-0.2, -0.15) is 0 Å². The van der Waals surface area contributed by atoms with Crippen LogP contribution in [-0.4, -0.2) is 12.6 Å². The summed E-state index contributed by atoms with van der Waals surface area (Å²) in [6.07, 6.45) is 2.13. The van der Waals surface area contributed by atoms with Crippen LogP contribution < -0.4 is 9.47 Å². The van der Waals surface area contributed by atoms with Gasteiger partial charge < -0.3 is 9.47 Å². The van der Waals surface area contributed by atoms with Gasteiger partial charge in [0.25, 0.3) is 0 Å². The molecule has 3 nitrogen and oxygen atoms in total. The first-order valence-electron chi connectivity index (χ1n) is 7.58. The van der Waals surface area contributed by atoms with E-state index >= 15 is 0 Å². The summed E-state index contributed by atoms with van der Waals surface area (Å²) in [4.78, 5) is 11.8. The van der Waals surface area contributed by atoms with Gasteiger partial charge in [0.05, 0.1) is 0 Å². The zero-order valence-corrected chi connectivity index (χ0v) is 13.4. The van der Waals surface area contributed by atoms with Crippen molar-refractivity contribution < 1.29 is 14.3 Å². The summed E-state index contributed by atoms with van der Waals surface area (Å²) in [5.41, 5.74) is 3.58. The van der Waals surface area contributed by atoms with Gasteiger partial charge in [-0.05, 0) is 61.2 Å². The lowest BCUT2D eigenvalue weighted by Gasteiger charge is -2.09. The molecule has 116 valence electrons. The average Bonchev–Trinajstić information content (AvgIpc) is 2.51. The van der Waals surface area contributed by atoms with Crippen molar-refractivity contribution >= 4 is 5.97 Å². The molecule has 2 aromatic rings. The lowest BCUT2D eigenvalue weighted by atomic mass is 10.1. The molecule has 0 fully saturated rings. The molecule has 0 unspecified atom stereocenters. The molecule has 0 spiro atoms. The lowest BCUT2D eigenvalue weighted by molar-refractivity contribution is -0.136. The van der Waals surface area contributed by atoms with Crippen LogP contribution in [0.4, 0.5) is 0 Å². The molecule has 3 heteroatoms.